The molecule has 1 aromatic carbocycles. The number of methoxy groups -OCH3 is 1. The zero-order valence-corrected chi connectivity index (χ0v) is 15.1. The van der Waals surface area contributed by atoms with Crippen molar-refractivity contribution in [3.8, 4) is 16.9 Å². The first-order valence-corrected chi connectivity index (χ1v) is 8.30. The van der Waals surface area contributed by atoms with Crippen molar-refractivity contribution in [1.82, 2.24) is 19.6 Å². The van der Waals surface area contributed by atoms with Crippen LogP contribution >= 0.6 is 23.2 Å². The largest absolute Gasteiger partial charge is 0.497 e. The molecule has 1 N–H and O–H groups in total. The van der Waals surface area contributed by atoms with Crippen molar-refractivity contribution < 1.29 is 4.74 Å². The predicted octanol–water partition coefficient (Wildman–Crippen LogP) is 4.32. The highest BCUT2D eigenvalue weighted by Crippen LogP contribution is 2.39. The number of hydrogen-bond donors (Lipinski definition) is 1. The van der Waals surface area contributed by atoms with Crippen molar-refractivity contribution in [1.29, 1.82) is 0 Å². The van der Waals surface area contributed by atoms with E-state index in [1.165, 1.54) is 6.33 Å². The van der Waals surface area contributed by atoms with Gasteiger partial charge in [-0.25, -0.2) is 0 Å². The summed E-state index contributed by atoms with van der Waals surface area (Å²) in [5.74, 6) is 1.81. The number of benzene rings is 1. The predicted molar refractivity (Wildman–Crippen MR) is 96.2 cm³/mol. The van der Waals surface area contributed by atoms with E-state index >= 15 is 0 Å². The van der Waals surface area contributed by atoms with Gasteiger partial charge in [-0.1, -0.05) is 30.1 Å². The minimum Gasteiger partial charge on any atom is -0.497 e. The van der Waals surface area contributed by atoms with E-state index in [1.807, 2.05) is 12.1 Å². The molecule has 6 nitrogen and oxygen atoms in total. The molecule has 1 unspecified atom stereocenters. The number of nitrogens with zero attached hydrogens (tertiary/aromatic N) is 4. The molecule has 0 radical (unpaired) electrons. The highest BCUT2D eigenvalue weighted by atomic mass is 35.5. The molecule has 0 amide bonds. The Kier molecular flexibility index (Phi) is 4.78. The van der Waals surface area contributed by atoms with Crippen LogP contribution in [0, 0.1) is 0 Å². The molecular weight excluding hydrogens is 349 g/mol. The Labute approximate surface area is 149 Å². The van der Waals surface area contributed by atoms with Crippen LogP contribution in [0.1, 0.15) is 20.3 Å². The summed E-state index contributed by atoms with van der Waals surface area (Å²) in [5, 5.41) is 8.51. The fraction of sp³-hybridized carbons (Fsp3) is 0.312. The van der Waals surface area contributed by atoms with Gasteiger partial charge in [0, 0.05) is 11.6 Å². The lowest BCUT2D eigenvalue weighted by Crippen LogP contribution is -2.18. The zero-order valence-electron chi connectivity index (χ0n) is 13.5. The summed E-state index contributed by atoms with van der Waals surface area (Å²) in [7, 11) is 1.59. The van der Waals surface area contributed by atoms with Gasteiger partial charge in [-0.15, -0.1) is 0 Å². The van der Waals surface area contributed by atoms with Gasteiger partial charge in [-0.2, -0.15) is 19.6 Å². The molecule has 0 fully saturated rings. The lowest BCUT2D eigenvalue weighted by molar-refractivity contribution is 0.415. The summed E-state index contributed by atoms with van der Waals surface area (Å²) in [6.07, 6.45) is 2.38. The topological polar surface area (TPSA) is 64.3 Å². The number of hydrogen-bond acceptors (Lipinski definition) is 5. The second-order valence-corrected chi connectivity index (χ2v) is 6.16. The molecule has 3 aromatic rings. The van der Waals surface area contributed by atoms with Crippen molar-refractivity contribution in [2.75, 3.05) is 12.4 Å². The van der Waals surface area contributed by atoms with Gasteiger partial charge in [0.05, 0.1) is 17.7 Å². The standard InChI is InChI=1S/C16H17Cl2N5O/c1-4-9(2)21-15-13(11-6-5-10(24-3)7-12(11)17)14(18)22-16-19-8-20-23(15)16/h5-9,21H,4H2,1-3H3. The fourth-order valence-corrected chi connectivity index (χ4v) is 2.88. The van der Waals surface area contributed by atoms with Crippen LogP contribution in [0.15, 0.2) is 24.5 Å². The molecule has 0 saturated carbocycles. The Balaban J connectivity index is 2.26. The van der Waals surface area contributed by atoms with Gasteiger partial charge in [0.15, 0.2) is 0 Å². The normalized spacial score (nSPS) is 12.4. The summed E-state index contributed by atoms with van der Waals surface area (Å²) in [6.45, 7) is 4.18. The van der Waals surface area contributed by atoms with Crippen LogP contribution in [0.2, 0.25) is 10.2 Å². The number of fused-ring (bicyclic) bond motifs is 1. The van der Waals surface area contributed by atoms with E-state index < -0.39 is 0 Å². The maximum Gasteiger partial charge on any atom is 0.255 e. The molecule has 0 aliphatic carbocycles. The Bertz CT molecular complexity index is 880. The third-order valence-electron chi connectivity index (χ3n) is 3.82. The van der Waals surface area contributed by atoms with E-state index in [2.05, 4.69) is 34.2 Å². The van der Waals surface area contributed by atoms with Gasteiger partial charge in [-0.3, -0.25) is 0 Å². The molecule has 3 rings (SSSR count). The molecule has 0 aliphatic heterocycles. The number of ether oxygens (including phenoxy) is 1. The lowest BCUT2D eigenvalue weighted by Gasteiger charge is -2.19. The SMILES string of the molecule is CCC(C)Nc1c(-c2ccc(OC)cc2Cl)c(Cl)nc2ncnn12. The lowest BCUT2D eigenvalue weighted by atomic mass is 10.1. The average Bonchev–Trinajstić information content (AvgIpc) is 3.03. The summed E-state index contributed by atoms with van der Waals surface area (Å²) in [6, 6.07) is 5.64. The van der Waals surface area contributed by atoms with Crippen molar-refractivity contribution in [2.24, 2.45) is 0 Å². The van der Waals surface area contributed by atoms with Gasteiger partial charge in [0.2, 0.25) is 0 Å². The minimum atomic E-state index is 0.214. The summed E-state index contributed by atoms with van der Waals surface area (Å²) < 4.78 is 6.84. The second-order valence-electron chi connectivity index (χ2n) is 5.40. The Morgan fingerprint density at radius 2 is 2.12 bits per heavy atom. The summed E-state index contributed by atoms with van der Waals surface area (Å²) in [5.41, 5.74) is 1.43. The van der Waals surface area contributed by atoms with Crippen molar-refractivity contribution in [2.45, 2.75) is 26.3 Å². The average molecular weight is 366 g/mol. The monoisotopic (exact) mass is 365 g/mol. The molecular formula is C16H17Cl2N5O. The minimum absolute atomic E-state index is 0.214. The summed E-state index contributed by atoms with van der Waals surface area (Å²) in [4.78, 5) is 8.44. The molecule has 24 heavy (non-hydrogen) atoms. The molecule has 0 saturated heterocycles. The van der Waals surface area contributed by atoms with Crippen molar-refractivity contribution in [3.05, 3.63) is 34.7 Å². The summed E-state index contributed by atoms with van der Waals surface area (Å²) >= 11 is 12.9. The number of nitrogens with one attached hydrogen (secondary N) is 1. The highest BCUT2D eigenvalue weighted by Gasteiger charge is 2.20. The Morgan fingerprint density at radius 3 is 2.79 bits per heavy atom. The van der Waals surface area contributed by atoms with Crippen molar-refractivity contribution in [3.63, 3.8) is 0 Å². The van der Waals surface area contributed by atoms with Gasteiger partial charge < -0.3 is 10.1 Å². The molecule has 1 atom stereocenters. The molecule has 0 bridgehead atoms. The van der Waals surface area contributed by atoms with E-state index in [0.29, 0.717) is 33.1 Å². The smallest absolute Gasteiger partial charge is 0.255 e. The first-order valence-electron chi connectivity index (χ1n) is 7.54. The molecule has 2 aromatic heterocycles. The number of halogens is 2. The molecule has 0 spiro atoms. The second kappa shape index (κ2) is 6.83. The first kappa shape index (κ1) is 16.8. The maximum atomic E-state index is 6.45. The zero-order chi connectivity index (χ0) is 17.3. The van der Waals surface area contributed by atoms with E-state index in [-0.39, 0.29) is 6.04 Å². The first-order chi connectivity index (χ1) is 11.5. The van der Waals surface area contributed by atoms with Gasteiger partial charge in [0.1, 0.15) is 23.0 Å². The van der Waals surface area contributed by atoms with E-state index in [0.717, 1.165) is 12.0 Å². The molecule has 8 heteroatoms. The van der Waals surface area contributed by atoms with Crippen LogP contribution in [0.25, 0.3) is 16.9 Å². The fourth-order valence-electron chi connectivity index (χ4n) is 2.35. The van der Waals surface area contributed by atoms with Crippen LogP contribution < -0.4 is 10.1 Å². The van der Waals surface area contributed by atoms with E-state index in [4.69, 9.17) is 27.9 Å². The van der Waals surface area contributed by atoms with Crippen LogP contribution in [0.3, 0.4) is 0 Å². The maximum absolute atomic E-state index is 6.45. The quantitative estimate of drug-likeness (QED) is 0.682. The Morgan fingerprint density at radius 1 is 1.33 bits per heavy atom. The highest BCUT2D eigenvalue weighted by molar-refractivity contribution is 6.36. The number of anilines is 1. The third-order valence-corrected chi connectivity index (χ3v) is 4.41. The van der Waals surface area contributed by atoms with Gasteiger partial charge in [-0.05, 0) is 31.5 Å². The van der Waals surface area contributed by atoms with Gasteiger partial charge >= 0.3 is 0 Å². The van der Waals surface area contributed by atoms with E-state index in [9.17, 15) is 0 Å². The molecule has 0 aliphatic rings. The van der Waals surface area contributed by atoms with Gasteiger partial charge in [0.25, 0.3) is 5.78 Å². The Hall–Kier alpha value is -2.05. The molecule has 2 heterocycles. The van der Waals surface area contributed by atoms with Crippen LogP contribution in [0.4, 0.5) is 5.82 Å². The number of rotatable bonds is 5. The number of aromatic nitrogens is 4. The van der Waals surface area contributed by atoms with Crippen LogP contribution in [0.5, 0.6) is 5.75 Å². The van der Waals surface area contributed by atoms with Crippen LogP contribution in [-0.4, -0.2) is 32.7 Å². The van der Waals surface area contributed by atoms with E-state index in [1.54, 1.807) is 17.7 Å². The van der Waals surface area contributed by atoms with Crippen LogP contribution in [-0.2, 0) is 0 Å². The molecule has 126 valence electrons. The van der Waals surface area contributed by atoms with Crippen molar-refractivity contribution >= 4 is 34.8 Å². The third kappa shape index (κ3) is 2.99.